The van der Waals surface area contributed by atoms with Crippen LogP contribution < -0.4 is 5.32 Å². The Labute approximate surface area is 248 Å². The van der Waals surface area contributed by atoms with Crippen molar-refractivity contribution < 1.29 is 27.6 Å². The van der Waals surface area contributed by atoms with Gasteiger partial charge in [-0.3, -0.25) is 14.4 Å². The highest BCUT2D eigenvalue weighted by molar-refractivity contribution is 6.53. The maximum Gasteiger partial charge on any atom is 0.231 e. The first-order valence-electron chi connectivity index (χ1n) is 11.9. The van der Waals surface area contributed by atoms with Gasteiger partial charge in [-0.2, -0.15) is 0 Å². The van der Waals surface area contributed by atoms with Gasteiger partial charge in [0.1, 0.15) is 27.6 Å². The van der Waals surface area contributed by atoms with Crippen LogP contribution in [0.5, 0.6) is 0 Å². The Balaban J connectivity index is 1.51. The van der Waals surface area contributed by atoms with E-state index in [0.29, 0.717) is 5.56 Å². The molecule has 0 heterocycles. The topological polar surface area (TPSA) is 63.2 Å². The van der Waals surface area contributed by atoms with E-state index in [0.717, 1.165) is 18.2 Å². The Kier molecular flexibility index (Phi) is 9.00. The third kappa shape index (κ3) is 6.23. The molecule has 3 aromatic carbocycles. The van der Waals surface area contributed by atoms with Crippen molar-refractivity contribution in [2.45, 2.75) is 29.5 Å². The van der Waals surface area contributed by atoms with Crippen LogP contribution in [0, 0.1) is 23.4 Å². The highest BCUT2D eigenvalue weighted by Crippen LogP contribution is 2.65. The lowest BCUT2D eigenvalue weighted by Gasteiger charge is -2.11. The number of ketones is 2. The van der Waals surface area contributed by atoms with Gasteiger partial charge < -0.3 is 5.32 Å². The van der Waals surface area contributed by atoms with Crippen molar-refractivity contribution in [3.63, 3.8) is 0 Å². The summed E-state index contributed by atoms with van der Waals surface area (Å²) in [5.41, 5.74) is 0.103. The second-order valence-electron chi connectivity index (χ2n) is 9.29. The summed E-state index contributed by atoms with van der Waals surface area (Å²) in [6, 6.07) is 10.2. The number of benzene rings is 3. The molecule has 11 heteroatoms. The molecule has 1 aliphatic carbocycles. The van der Waals surface area contributed by atoms with Crippen molar-refractivity contribution in [1.82, 2.24) is 0 Å². The maximum absolute atomic E-state index is 15.0. The first kappa shape index (κ1) is 30.1. The van der Waals surface area contributed by atoms with Crippen LogP contribution in [-0.2, 0) is 22.4 Å². The molecule has 1 N–H and O–H groups in total. The van der Waals surface area contributed by atoms with Gasteiger partial charge in [-0.25, -0.2) is 13.2 Å². The molecular weight excluding hydrogens is 609 g/mol. The van der Waals surface area contributed by atoms with E-state index in [4.69, 9.17) is 46.4 Å². The molecular formula is C29H20Cl4F3NO3. The highest BCUT2D eigenvalue weighted by atomic mass is 35.5. The zero-order chi connectivity index (χ0) is 29.4. The first-order valence-corrected chi connectivity index (χ1v) is 13.4. The lowest BCUT2D eigenvalue weighted by molar-refractivity contribution is -0.118. The third-order valence-corrected chi connectivity index (χ3v) is 8.10. The Hall–Kier alpha value is -2.84. The largest absolute Gasteiger partial charge is 0.326 e. The molecule has 0 radical (unpaired) electrons. The van der Waals surface area contributed by atoms with Crippen LogP contribution in [0.25, 0.3) is 0 Å². The molecule has 0 aliphatic heterocycles. The average Bonchev–Trinajstić information content (AvgIpc) is 3.48. The molecule has 3 aromatic rings. The molecule has 40 heavy (non-hydrogen) atoms. The predicted molar refractivity (Wildman–Crippen MR) is 150 cm³/mol. The summed E-state index contributed by atoms with van der Waals surface area (Å²) in [4.78, 5) is 38.0. The molecule has 1 amide bonds. The monoisotopic (exact) mass is 627 g/mol. The van der Waals surface area contributed by atoms with Gasteiger partial charge in [-0.15, -0.1) is 29.8 Å². The van der Waals surface area contributed by atoms with Gasteiger partial charge in [0.05, 0.1) is 16.0 Å². The average molecular weight is 629 g/mol. The fourth-order valence-corrected chi connectivity index (χ4v) is 5.69. The van der Waals surface area contributed by atoms with E-state index < -0.39 is 69.5 Å². The number of rotatable bonds is 10. The van der Waals surface area contributed by atoms with Crippen LogP contribution in [0.2, 0.25) is 10.0 Å². The van der Waals surface area contributed by atoms with Gasteiger partial charge in [0.25, 0.3) is 0 Å². The van der Waals surface area contributed by atoms with E-state index in [9.17, 15) is 23.2 Å². The predicted octanol–water partition coefficient (Wildman–Crippen LogP) is 8.05. The third-order valence-electron chi connectivity index (χ3n) is 6.54. The Bertz CT molecular complexity index is 1540. The van der Waals surface area contributed by atoms with Crippen molar-refractivity contribution in [2.75, 3.05) is 5.32 Å². The SMILES string of the molecule is C=CCC(=O)Cc1c(F)ccc(CC(=O)c2cc(NC(=O)[C@H]3[C@H](c4ccc(F)c(Cl)c4)C3(Cl)Cl)ccc2Cl)c1F. The highest BCUT2D eigenvalue weighted by Gasteiger charge is 2.67. The minimum absolute atomic E-state index is 0.0202. The zero-order valence-corrected chi connectivity index (χ0v) is 23.6. The molecule has 1 aliphatic rings. The molecule has 0 bridgehead atoms. The summed E-state index contributed by atoms with van der Waals surface area (Å²) < 4.78 is 41.4. The quantitative estimate of drug-likeness (QED) is 0.140. The molecule has 0 saturated heterocycles. The van der Waals surface area contributed by atoms with Crippen LogP contribution in [0.3, 0.4) is 0 Å². The van der Waals surface area contributed by atoms with E-state index in [1.807, 2.05) is 0 Å². The number of carbonyl (C=O) groups is 3. The van der Waals surface area contributed by atoms with Gasteiger partial charge in [0, 0.05) is 42.0 Å². The van der Waals surface area contributed by atoms with Crippen LogP contribution in [-0.4, -0.2) is 21.8 Å². The molecule has 1 saturated carbocycles. The lowest BCUT2D eigenvalue weighted by atomic mass is 9.97. The summed E-state index contributed by atoms with van der Waals surface area (Å²) in [6.45, 7) is 3.43. The number of anilines is 1. The Morgan fingerprint density at radius 2 is 1.62 bits per heavy atom. The molecule has 2 atom stereocenters. The van der Waals surface area contributed by atoms with Crippen LogP contribution in [0.4, 0.5) is 18.9 Å². The second kappa shape index (κ2) is 12.0. The standard InChI is InChI=1S/C29H20Cl4F3NO3/c1-2-3-17(38)13-19-22(34)8-5-15(27(19)36)11-24(39)18-12-16(6-7-20(18)30)37-28(40)26-25(29(26,32)33)14-4-9-23(35)21(31)10-14/h2,4-10,12,25-26H,1,3,11,13H2,(H,37,40)/t25-,26+/m0/s1. The van der Waals surface area contributed by atoms with Crippen molar-refractivity contribution in [3.05, 3.63) is 111 Å². The van der Waals surface area contributed by atoms with Gasteiger partial charge in [-0.1, -0.05) is 41.4 Å². The summed E-state index contributed by atoms with van der Waals surface area (Å²) in [5.74, 6) is -5.67. The van der Waals surface area contributed by atoms with E-state index in [-0.39, 0.29) is 33.3 Å². The molecule has 4 nitrogen and oxygen atoms in total. The summed E-state index contributed by atoms with van der Waals surface area (Å²) in [5, 5.41) is 2.54. The number of halogens is 7. The minimum Gasteiger partial charge on any atom is -0.326 e. The van der Waals surface area contributed by atoms with Crippen LogP contribution in [0.15, 0.2) is 61.2 Å². The fraction of sp³-hybridized carbons (Fsp3) is 0.207. The van der Waals surface area contributed by atoms with Crippen LogP contribution >= 0.6 is 46.4 Å². The number of Topliss-reactive ketones (excluding diaryl/α,β-unsaturated/α-hetero) is 2. The van der Waals surface area contributed by atoms with E-state index in [1.165, 1.54) is 36.4 Å². The molecule has 0 aromatic heterocycles. The zero-order valence-electron chi connectivity index (χ0n) is 20.5. The smallest absolute Gasteiger partial charge is 0.231 e. The van der Waals surface area contributed by atoms with Crippen LogP contribution in [0.1, 0.15) is 39.4 Å². The lowest BCUT2D eigenvalue weighted by Crippen LogP contribution is -2.17. The number of alkyl halides is 2. The number of allylic oxidation sites excluding steroid dienone is 1. The van der Waals surface area contributed by atoms with Gasteiger partial charge in [0.15, 0.2) is 5.78 Å². The molecule has 1 fully saturated rings. The molecule has 0 unspecified atom stereocenters. The van der Waals surface area contributed by atoms with E-state index in [2.05, 4.69) is 11.9 Å². The Morgan fingerprint density at radius 3 is 2.30 bits per heavy atom. The van der Waals surface area contributed by atoms with E-state index in [1.54, 1.807) is 0 Å². The summed E-state index contributed by atoms with van der Waals surface area (Å²) in [7, 11) is 0. The number of carbonyl (C=O) groups excluding carboxylic acids is 3. The van der Waals surface area contributed by atoms with Crippen molar-refractivity contribution >= 4 is 69.6 Å². The minimum atomic E-state index is -1.47. The van der Waals surface area contributed by atoms with E-state index >= 15 is 4.39 Å². The first-order chi connectivity index (χ1) is 18.8. The summed E-state index contributed by atoms with van der Waals surface area (Å²) in [6.07, 6.45) is 0.322. The number of amides is 1. The molecule has 4 rings (SSSR count). The molecule has 208 valence electrons. The van der Waals surface area contributed by atoms with Crippen molar-refractivity contribution in [3.8, 4) is 0 Å². The second-order valence-corrected chi connectivity index (χ2v) is 11.6. The van der Waals surface area contributed by atoms with Gasteiger partial charge in [-0.05, 0) is 47.5 Å². The Morgan fingerprint density at radius 1 is 0.925 bits per heavy atom. The van der Waals surface area contributed by atoms with Crippen molar-refractivity contribution in [2.24, 2.45) is 5.92 Å². The van der Waals surface area contributed by atoms with Gasteiger partial charge >= 0.3 is 0 Å². The fourth-order valence-electron chi connectivity index (χ4n) is 4.45. The number of hydrogen-bond acceptors (Lipinski definition) is 3. The van der Waals surface area contributed by atoms with Gasteiger partial charge in [0.2, 0.25) is 5.91 Å². The van der Waals surface area contributed by atoms with Crippen molar-refractivity contribution in [1.29, 1.82) is 0 Å². The number of nitrogens with one attached hydrogen (secondary N) is 1. The number of hydrogen-bond donors (Lipinski definition) is 1. The molecule has 0 spiro atoms. The normalized spacial score (nSPS) is 17.3. The summed E-state index contributed by atoms with van der Waals surface area (Å²) >= 11 is 24.8. The maximum atomic E-state index is 15.0.